The SMILES string of the molecule is OC#[N+]Cc1ccc(Cl)cc1Cl. The van der Waals surface area contributed by atoms with E-state index in [2.05, 4.69) is 4.85 Å². The minimum atomic E-state index is 0.312. The van der Waals surface area contributed by atoms with Crippen LogP contribution in [0.5, 0.6) is 0 Å². The maximum Gasteiger partial charge on any atom is 0.511 e. The van der Waals surface area contributed by atoms with Crippen LogP contribution in [0.3, 0.4) is 0 Å². The molecule has 0 fully saturated rings. The van der Waals surface area contributed by atoms with E-state index in [-0.39, 0.29) is 0 Å². The van der Waals surface area contributed by atoms with Gasteiger partial charge in [-0.1, -0.05) is 23.2 Å². The number of aliphatic hydroxyl groups excluding tert-OH is 1. The van der Waals surface area contributed by atoms with Gasteiger partial charge in [0.25, 0.3) is 6.54 Å². The molecule has 1 aromatic carbocycles. The van der Waals surface area contributed by atoms with Crippen LogP contribution < -0.4 is 0 Å². The third-order valence-electron chi connectivity index (χ3n) is 1.34. The van der Waals surface area contributed by atoms with Crippen molar-refractivity contribution in [2.24, 2.45) is 0 Å². The lowest BCUT2D eigenvalue weighted by atomic mass is 10.2. The van der Waals surface area contributed by atoms with Gasteiger partial charge in [-0.3, -0.25) is 0 Å². The largest absolute Gasteiger partial charge is 0.511 e. The fourth-order valence-electron chi connectivity index (χ4n) is 0.770. The predicted octanol–water partition coefficient (Wildman–Crippen LogP) is 3.16. The number of hydrogen-bond donors (Lipinski definition) is 1. The first kappa shape index (κ1) is 9.18. The zero-order chi connectivity index (χ0) is 8.97. The third-order valence-corrected chi connectivity index (χ3v) is 1.92. The highest BCUT2D eigenvalue weighted by Crippen LogP contribution is 2.21. The summed E-state index contributed by atoms with van der Waals surface area (Å²) >= 11 is 11.5. The van der Waals surface area contributed by atoms with E-state index in [1.54, 1.807) is 24.5 Å². The Balaban J connectivity index is 2.91. The average Bonchev–Trinajstić information content (AvgIpc) is 2.03. The highest BCUT2D eigenvalue weighted by Gasteiger charge is 2.04. The normalized spacial score (nSPS) is 8.83. The molecule has 62 valence electrons. The van der Waals surface area contributed by atoms with Crippen molar-refractivity contribution in [2.45, 2.75) is 6.54 Å². The summed E-state index contributed by atoms with van der Waals surface area (Å²) in [6.45, 7) is 0.312. The van der Waals surface area contributed by atoms with Crippen LogP contribution in [-0.4, -0.2) is 5.11 Å². The second kappa shape index (κ2) is 4.20. The molecule has 0 spiro atoms. The number of halogens is 2. The summed E-state index contributed by atoms with van der Waals surface area (Å²) in [5.74, 6) is 0. The van der Waals surface area contributed by atoms with E-state index in [0.717, 1.165) is 5.56 Å². The molecule has 0 amide bonds. The highest BCUT2D eigenvalue weighted by atomic mass is 35.5. The Morgan fingerprint density at radius 2 is 2.17 bits per heavy atom. The summed E-state index contributed by atoms with van der Waals surface area (Å²) in [5.41, 5.74) is 0.808. The second-order valence-electron chi connectivity index (χ2n) is 2.15. The van der Waals surface area contributed by atoms with Crippen LogP contribution in [0.1, 0.15) is 5.56 Å². The maximum absolute atomic E-state index is 8.19. The molecule has 0 saturated heterocycles. The minimum absolute atomic E-state index is 0.312. The van der Waals surface area contributed by atoms with Gasteiger partial charge in [-0.2, -0.15) is 0 Å². The maximum atomic E-state index is 8.19. The Kier molecular flexibility index (Phi) is 3.21. The van der Waals surface area contributed by atoms with Gasteiger partial charge in [-0.25, -0.2) is 0 Å². The molecule has 0 atom stereocenters. The number of rotatable bonds is 1. The summed E-state index contributed by atoms with van der Waals surface area (Å²) in [6, 6.07) is 5.10. The Morgan fingerprint density at radius 1 is 1.42 bits per heavy atom. The Labute approximate surface area is 80.2 Å². The van der Waals surface area contributed by atoms with E-state index < -0.39 is 0 Å². The summed E-state index contributed by atoms with van der Waals surface area (Å²) < 4.78 is 0. The Hall–Kier alpha value is -0.910. The van der Waals surface area contributed by atoms with E-state index in [0.29, 0.717) is 16.6 Å². The van der Waals surface area contributed by atoms with E-state index in [9.17, 15) is 0 Å². The van der Waals surface area contributed by atoms with Crippen molar-refractivity contribution in [3.8, 4) is 6.26 Å². The van der Waals surface area contributed by atoms with Crippen molar-refractivity contribution >= 4 is 23.2 Å². The first-order valence-electron chi connectivity index (χ1n) is 3.23. The molecule has 0 radical (unpaired) electrons. The molecule has 12 heavy (non-hydrogen) atoms. The molecule has 0 aliphatic rings. The number of nitrogens with zero attached hydrogens (tertiary/aromatic N) is 1. The van der Waals surface area contributed by atoms with Crippen LogP contribution in [0.15, 0.2) is 18.2 Å². The van der Waals surface area contributed by atoms with Crippen LogP contribution in [-0.2, 0) is 6.54 Å². The van der Waals surface area contributed by atoms with E-state index in [1.807, 2.05) is 0 Å². The van der Waals surface area contributed by atoms with Gasteiger partial charge in [0.15, 0.2) is 0 Å². The lowest BCUT2D eigenvalue weighted by molar-refractivity contribution is 0.514. The summed E-state index contributed by atoms with van der Waals surface area (Å²) in [5, 5.41) is 9.31. The van der Waals surface area contributed by atoms with E-state index in [4.69, 9.17) is 28.3 Å². The highest BCUT2D eigenvalue weighted by molar-refractivity contribution is 6.35. The topological polar surface area (TPSA) is 24.6 Å². The molecule has 2 nitrogen and oxygen atoms in total. The van der Waals surface area contributed by atoms with Crippen molar-refractivity contribution < 1.29 is 5.11 Å². The molecule has 4 heteroatoms. The Bertz CT molecular complexity index is 341. The zero-order valence-corrected chi connectivity index (χ0v) is 7.60. The molecule has 0 aliphatic heterocycles. The number of aliphatic hydroxyl groups is 1. The molecule has 0 aliphatic carbocycles. The molecular formula is C8H6Cl2NO+. The van der Waals surface area contributed by atoms with Gasteiger partial charge in [0, 0.05) is 5.02 Å². The molecule has 0 aromatic heterocycles. The smallest absolute Gasteiger partial charge is 0.408 e. The molecule has 1 rings (SSSR count). The standard InChI is InChI=1S/C8H5Cl2NO/c9-7-2-1-6(4-11-5-12)8(10)3-7/h1-3H,4H2/p+1. The zero-order valence-electron chi connectivity index (χ0n) is 6.09. The van der Waals surface area contributed by atoms with Crippen LogP contribution in [0, 0.1) is 6.26 Å². The lowest BCUT2D eigenvalue weighted by Crippen LogP contribution is -1.80. The van der Waals surface area contributed by atoms with Gasteiger partial charge < -0.3 is 5.11 Å². The molecule has 0 saturated carbocycles. The predicted molar refractivity (Wildman–Crippen MR) is 49.3 cm³/mol. The fraction of sp³-hybridized carbons (Fsp3) is 0.125. The van der Waals surface area contributed by atoms with Crippen molar-refractivity contribution in [1.29, 1.82) is 0 Å². The fourth-order valence-corrected chi connectivity index (χ4v) is 1.24. The molecule has 1 N–H and O–H groups in total. The van der Waals surface area contributed by atoms with Crippen molar-refractivity contribution in [2.75, 3.05) is 0 Å². The second-order valence-corrected chi connectivity index (χ2v) is 3.00. The van der Waals surface area contributed by atoms with Crippen molar-refractivity contribution in [1.82, 2.24) is 0 Å². The average molecular weight is 203 g/mol. The molecule has 1 aromatic rings. The summed E-state index contributed by atoms with van der Waals surface area (Å²) in [4.78, 5) is 3.51. The minimum Gasteiger partial charge on any atom is -0.408 e. The van der Waals surface area contributed by atoms with E-state index in [1.165, 1.54) is 0 Å². The molecular weight excluding hydrogens is 197 g/mol. The lowest BCUT2D eigenvalue weighted by Gasteiger charge is -1.94. The first-order valence-corrected chi connectivity index (χ1v) is 3.99. The van der Waals surface area contributed by atoms with Crippen LogP contribution in [0.2, 0.25) is 10.0 Å². The number of benzene rings is 1. The van der Waals surface area contributed by atoms with Gasteiger partial charge in [0.1, 0.15) is 0 Å². The molecule has 0 unspecified atom stereocenters. The summed E-state index contributed by atoms with van der Waals surface area (Å²) in [6.07, 6.45) is 1.69. The van der Waals surface area contributed by atoms with Gasteiger partial charge in [0.05, 0.1) is 10.6 Å². The summed E-state index contributed by atoms with van der Waals surface area (Å²) in [7, 11) is 0. The van der Waals surface area contributed by atoms with Gasteiger partial charge in [-0.15, -0.1) is 0 Å². The number of hydrogen-bond acceptors (Lipinski definition) is 1. The van der Waals surface area contributed by atoms with Gasteiger partial charge in [-0.05, 0) is 23.0 Å². The van der Waals surface area contributed by atoms with Crippen LogP contribution in [0.25, 0.3) is 4.85 Å². The van der Waals surface area contributed by atoms with Gasteiger partial charge >= 0.3 is 6.26 Å². The molecule has 0 heterocycles. The monoisotopic (exact) mass is 202 g/mol. The van der Waals surface area contributed by atoms with Crippen LogP contribution in [0.4, 0.5) is 0 Å². The quantitative estimate of drug-likeness (QED) is 0.696. The third kappa shape index (κ3) is 2.30. The van der Waals surface area contributed by atoms with Crippen molar-refractivity contribution in [3.63, 3.8) is 0 Å². The van der Waals surface area contributed by atoms with Crippen molar-refractivity contribution in [3.05, 3.63) is 38.7 Å². The van der Waals surface area contributed by atoms with Gasteiger partial charge in [0.2, 0.25) is 0 Å². The van der Waals surface area contributed by atoms with E-state index >= 15 is 0 Å². The molecule has 0 bridgehead atoms. The van der Waals surface area contributed by atoms with Crippen LogP contribution >= 0.6 is 23.2 Å². The first-order chi connectivity index (χ1) is 5.74. The Morgan fingerprint density at radius 3 is 2.75 bits per heavy atom.